The van der Waals surface area contributed by atoms with Crippen molar-refractivity contribution in [3.63, 3.8) is 0 Å². The van der Waals surface area contributed by atoms with Crippen LogP contribution in [0.4, 0.5) is 9.39 Å². The zero-order valence-electron chi connectivity index (χ0n) is 15.4. The van der Waals surface area contributed by atoms with Gasteiger partial charge in [0.1, 0.15) is 10.8 Å². The number of ether oxygens (including phenoxy) is 1. The number of rotatable bonds is 4. The summed E-state index contributed by atoms with van der Waals surface area (Å²) in [6.07, 6.45) is 0.737. The first kappa shape index (κ1) is 21.3. The van der Waals surface area contributed by atoms with E-state index < -0.39 is 11.8 Å². The summed E-state index contributed by atoms with van der Waals surface area (Å²) < 4.78 is 18.0. The number of halogens is 2. The molecule has 0 atom stereocenters. The fourth-order valence-electron chi connectivity index (χ4n) is 3.05. The molecule has 27 heavy (non-hydrogen) atoms. The number of nitrogens with zero attached hydrogens (tertiary/aromatic N) is 1. The van der Waals surface area contributed by atoms with Crippen molar-refractivity contribution in [3.05, 3.63) is 51.7 Å². The van der Waals surface area contributed by atoms with Gasteiger partial charge in [-0.25, -0.2) is 9.18 Å². The van der Waals surface area contributed by atoms with E-state index in [1.165, 1.54) is 42.7 Å². The second kappa shape index (κ2) is 8.82. The molecule has 1 aromatic heterocycles. The van der Waals surface area contributed by atoms with E-state index in [1.54, 1.807) is 0 Å². The molecule has 0 saturated heterocycles. The van der Waals surface area contributed by atoms with E-state index in [2.05, 4.69) is 24.1 Å². The van der Waals surface area contributed by atoms with E-state index in [4.69, 9.17) is 4.74 Å². The molecule has 2 heterocycles. The van der Waals surface area contributed by atoms with E-state index >= 15 is 0 Å². The lowest BCUT2D eigenvalue weighted by Gasteiger charge is -2.30. The maximum absolute atomic E-state index is 13.1. The zero-order chi connectivity index (χ0) is 18.8. The fourth-order valence-corrected chi connectivity index (χ4v) is 4.30. The first-order chi connectivity index (χ1) is 12.4. The summed E-state index contributed by atoms with van der Waals surface area (Å²) in [7, 11) is 1.33. The molecule has 0 saturated carbocycles. The highest BCUT2D eigenvalue weighted by atomic mass is 35.5. The number of benzene rings is 1. The molecular formula is C19H22ClFN2O3S. The van der Waals surface area contributed by atoms with Crippen LogP contribution in [-0.2, 0) is 17.7 Å². The van der Waals surface area contributed by atoms with Gasteiger partial charge in [0.05, 0.1) is 12.7 Å². The second-order valence-electron chi connectivity index (χ2n) is 6.47. The van der Waals surface area contributed by atoms with E-state index in [9.17, 15) is 14.0 Å². The van der Waals surface area contributed by atoms with E-state index in [0.717, 1.165) is 30.0 Å². The fraction of sp³-hybridized carbons (Fsp3) is 0.368. The van der Waals surface area contributed by atoms with Gasteiger partial charge in [-0.1, -0.05) is 0 Å². The summed E-state index contributed by atoms with van der Waals surface area (Å²) in [5, 5.41) is 3.29. The maximum Gasteiger partial charge on any atom is 0.341 e. The molecule has 2 aromatic rings. The Labute approximate surface area is 167 Å². The van der Waals surface area contributed by atoms with Crippen molar-refractivity contribution in [2.45, 2.75) is 32.9 Å². The Morgan fingerprint density at radius 2 is 1.93 bits per heavy atom. The van der Waals surface area contributed by atoms with Crippen LogP contribution in [-0.4, -0.2) is 36.5 Å². The smallest absolute Gasteiger partial charge is 0.341 e. The lowest BCUT2D eigenvalue weighted by Crippen LogP contribution is -2.35. The van der Waals surface area contributed by atoms with Gasteiger partial charge in [-0.3, -0.25) is 9.69 Å². The van der Waals surface area contributed by atoms with Crippen LogP contribution >= 0.6 is 23.7 Å². The number of anilines is 1. The van der Waals surface area contributed by atoms with Gasteiger partial charge in [0.25, 0.3) is 5.91 Å². The molecule has 1 aromatic carbocycles. The highest BCUT2D eigenvalue weighted by Crippen LogP contribution is 2.38. The molecule has 1 aliphatic heterocycles. The summed E-state index contributed by atoms with van der Waals surface area (Å²) in [5.41, 5.74) is 1.72. The summed E-state index contributed by atoms with van der Waals surface area (Å²) >= 11 is 1.40. The molecule has 0 unspecified atom stereocenters. The number of nitrogens with one attached hydrogen (secondary N) is 1. The monoisotopic (exact) mass is 412 g/mol. The van der Waals surface area contributed by atoms with Gasteiger partial charge in [-0.05, 0) is 50.1 Å². The van der Waals surface area contributed by atoms with Crippen LogP contribution in [0.5, 0.6) is 0 Å². The lowest BCUT2D eigenvalue weighted by molar-refractivity contribution is 0.0600. The van der Waals surface area contributed by atoms with Gasteiger partial charge in [-0.15, -0.1) is 23.7 Å². The highest BCUT2D eigenvalue weighted by Gasteiger charge is 2.30. The third-order valence-corrected chi connectivity index (χ3v) is 5.67. The van der Waals surface area contributed by atoms with Crippen molar-refractivity contribution in [1.29, 1.82) is 0 Å². The minimum atomic E-state index is -0.449. The molecule has 5 nitrogen and oxygen atoms in total. The molecule has 8 heteroatoms. The van der Waals surface area contributed by atoms with Crippen molar-refractivity contribution >= 4 is 40.6 Å². The summed E-state index contributed by atoms with van der Waals surface area (Å²) in [5.74, 6) is -1.23. The minimum absolute atomic E-state index is 0. The van der Waals surface area contributed by atoms with E-state index in [-0.39, 0.29) is 18.3 Å². The minimum Gasteiger partial charge on any atom is -0.465 e. The predicted octanol–water partition coefficient (Wildman–Crippen LogP) is 4.11. The van der Waals surface area contributed by atoms with Gasteiger partial charge in [-0.2, -0.15) is 0 Å². The van der Waals surface area contributed by atoms with E-state index in [0.29, 0.717) is 22.2 Å². The number of thiophene rings is 1. The molecule has 0 bridgehead atoms. The number of esters is 1. The quantitative estimate of drug-likeness (QED) is 0.767. The van der Waals surface area contributed by atoms with Crippen LogP contribution in [0.25, 0.3) is 0 Å². The number of carbonyl (C=O) groups is 2. The molecular weight excluding hydrogens is 391 g/mol. The van der Waals surface area contributed by atoms with Crippen LogP contribution in [0, 0.1) is 5.82 Å². The molecule has 0 radical (unpaired) electrons. The number of carbonyl (C=O) groups excluding carboxylic acids is 2. The third-order valence-electron chi connectivity index (χ3n) is 4.54. The Bertz CT molecular complexity index is 836. The van der Waals surface area contributed by atoms with Gasteiger partial charge in [0.2, 0.25) is 0 Å². The molecule has 0 aliphatic carbocycles. The molecule has 146 valence electrons. The highest BCUT2D eigenvalue weighted by molar-refractivity contribution is 7.17. The standard InChI is InChI=1S/C19H21FN2O3S.ClH/c1-11(2)22-9-8-14-15(10-22)26-18(16(14)19(24)25-3)21-17(23)12-4-6-13(20)7-5-12;/h4-7,11H,8-10H2,1-3H3,(H,21,23);1H. The normalized spacial score (nSPS) is 13.7. The summed E-state index contributed by atoms with van der Waals surface area (Å²) in [6, 6.07) is 5.70. The average molecular weight is 413 g/mol. The molecule has 3 rings (SSSR count). The van der Waals surface area contributed by atoms with Gasteiger partial charge in [0.15, 0.2) is 0 Å². The number of fused-ring (bicyclic) bond motifs is 1. The topological polar surface area (TPSA) is 58.6 Å². The molecule has 0 spiro atoms. The first-order valence-electron chi connectivity index (χ1n) is 8.44. The van der Waals surface area contributed by atoms with E-state index in [1.807, 2.05) is 0 Å². The Morgan fingerprint density at radius 1 is 1.26 bits per heavy atom. The number of hydrogen-bond acceptors (Lipinski definition) is 5. The zero-order valence-corrected chi connectivity index (χ0v) is 17.0. The van der Waals surface area contributed by atoms with Crippen LogP contribution in [0.1, 0.15) is 45.0 Å². The summed E-state index contributed by atoms with van der Waals surface area (Å²) in [4.78, 5) is 28.2. The van der Waals surface area contributed by atoms with Crippen molar-refractivity contribution in [3.8, 4) is 0 Å². The molecule has 1 amide bonds. The van der Waals surface area contributed by atoms with Crippen molar-refractivity contribution in [2.24, 2.45) is 0 Å². The maximum atomic E-state index is 13.1. The Balaban J connectivity index is 0.00000261. The van der Waals surface area contributed by atoms with Gasteiger partial charge >= 0.3 is 5.97 Å². The second-order valence-corrected chi connectivity index (χ2v) is 7.58. The SMILES string of the molecule is COC(=O)c1c(NC(=O)c2ccc(F)cc2)sc2c1CCN(C(C)C)C2.Cl. The Hall–Kier alpha value is -1.96. The number of methoxy groups -OCH3 is 1. The Kier molecular flexibility index (Phi) is 6.97. The van der Waals surface area contributed by atoms with Gasteiger partial charge in [0, 0.05) is 29.6 Å². The largest absolute Gasteiger partial charge is 0.465 e. The van der Waals surface area contributed by atoms with Crippen molar-refractivity contribution < 1.29 is 18.7 Å². The molecule has 1 aliphatic rings. The average Bonchev–Trinajstić information content (AvgIpc) is 2.98. The van der Waals surface area contributed by atoms with Crippen molar-refractivity contribution in [1.82, 2.24) is 4.90 Å². The number of amides is 1. The predicted molar refractivity (Wildman–Crippen MR) is 107 cm³/mol. The van der Waals surface area contributed by atoms with Crippen LogP contribution < -0.4 is 5.32 Å². The van der Waals surface area contributed by atoms with Crippen LogP contribution in [0.2, 0.25) is 0 Å². The van der Waals surface area contributed by atoms with Crippen molar-refractivity contribution in [2.75, 3.05) is 19.0 Å². The third kappa shape index (κ3) is 4.48. The summed E-state index contributed by atoms with van der Waals surface area (Å²) in [6.45, 7) is 5.87. The Morgan fingerprint density at radius 3 is 2.52 bits per heavy atom. The van der Waals surface area contributed by atoms with Crippen LogP contribution in [0.15, 0.2) is 24.3 Å². The first-order valence-corrected chi connectivity index (χ1v) is 9.26. The lowest BCUT2D eigenvalue weighted by atomic mass is 10.0. The van der Waals surface area contributed by atoms with Crippen LogP contribution in [0.3, 0.4) is 0 Å². The van der Waals surface area contributed by atoms with Gasteiger partial charge < -0.3 is 10.1 Å². The number of hydrogen-bond donors (Lipinski definition) is 1. The molecule has 0 fully saturated rings. The molecule has 1 N–H and O–H groups in total.